The Bertz CT molecular complexity index is 1070. The maximum absolute atomic E-state index is 12.9. The number of carbonyl (C=O) groups excluding carboxylic acids is 1. The Balaban J connectivity index is 4.25. The number of hydrogen-bond acceptors (Lipinski definition) is 5. The number of quaternary nitrogens is 1. The quantitative estimate of drug-likeness (QED) is 0.0245. The van der Waals surface area contributed by atoms with E-state index in [2.05, 4.69) is 55.6 Å². The summed E-state index contributed by atoms with van der Waals surface area (Å²) >= 11 is 0. The highest BCUT2D eigenvalue weighted by molar-refractivity contribution is 7.47. The molecule has 0 aliphatic heterocycles. The fraction of sp³-hybridized carbons (Fsp3) is 0.812. The van der Waals surface area contributed by atoms with E-state index in [1.165, 1.54) is 128 Å². The summed E-state index contributed by atoms with van der Waals surface area (Å²) in [5.41, 5.74) is 0. The van der Waals surface area contributed by atoms with Gasteiger partial charge in [-0.1, -0.05) is 178 Å². The maximum Gasteiger partial charge on any atom is 0.472 e. The summed E-state index contributed by atoms with van der Waals surface area (Å²) in [6.07, 6.45) is 50.6. The van der Waals surface area contributed by atoms with Crippen LogP contribution in [0.3, 0.4) is 0 Å². The number of allylic oxidation sites excluding steroid dienone is 7. The summed E-state index contributed by atoms with van der Waals surface area (Å²) in [5, 5.41) is 13.8. The molecule has 57 heavy (non-hydrogen) atoms. The number of amides is 1. The van der Waals surface area contributed by atoms with E-state index in [4.69, 9.17) is 9.05 Å². The molecule has 0 fully saturated rings. The van der Waals surface area contributed by atoms with Crippen molar-refractivity contribution in [2.75, 3.05) is 40.9 Å². The van der Waals surface area contributed by atoms with E-state index in [-0.39, 0.29) is 19.1 Å². The molecule has 0 spiro atoms. The average molecular weight is 824 g/mol. The molecule has 0 aliphatic rings. The third kappa shape index (κ3) is 42.4. The van der Waals surface area contributed by atoms with Crippen LogP contribution in [0.5, 0.6) is 0 Å². The van der Waals surface area contributed by atoms with Crippen LogP contribution >= 0.6 is 7.82 Å². The zero-order valence-corrected chi connectivity index (χ0v) is 38.7. The second-order valence-corrected chi connectivity index (χ2v) is 18.6. The van der Waals surface area contributed by atoms with Crippen molar-refractivity contribution in [3.05, 3.63) is 48.6 Å². The minimum absolute atomic E-state index is 0.0518. The SMILES string of the molecule is CCC/C=C/CC/C=C/CC/C=C/C(O)C(COP(=O)(O)OCC[N+](C)(C)C)NC(=O)CCCCCCCCCC/C=C\CCCCCCCCCCCCCC. The Labute approximate surface area is 352 Å². The van der Waals surface area contributed by atoms with E-state index in [0.29, 0.717) is 17.4 Å². The number of rotatable bonds is 42. The minimum Gasteiger partial charge on any atom is -0.387 e. The second-order valence-electron chi connectivity index (χ2n) is 17.1. The lowest BCUT2D eigenvalue weighted by Crippen LogP contribution is -2.45. The molecular weight excluding hydrogens is 732 g/mol. The normalized spacial score (nSPS) is 14.7. The number of aliphatic hydroxyl groups is 1. The number of carbonyl (C=O) groups is 1. The van der Waals surface area contributed by atoms with Crippen molar-refractivity contribution in [2.24, 2.45) is 0 Å². The molecule has 3 atom stereocenters. The molecule has 9 heteroatoms. The summed E-state index contributed by atoms with van der Waals surface area (Å²) in [7, 11) is 1.54. The maximum atomic E-state index is 12.9. The minimum atomic E-state index is -4.35. The second kappa shape index (κ2) is 39.9. The van der Waals surface area contributed by atoms with Crippen molar-refractivity contribution in [3.63, 3.8) is 0 Å². The van der Waals surface area contributed by atoms with Gasteiger partial charge in [-0.05, 0) is 64.2 Å². The third-order valence-corrected chi connectivity index (χ3v) is 11.2. The summed E-state index contributed by atoms with van der Waals surface area (Å²) in [5.74, 6) is -0.197. The van der Waals surface area contributed by atoms with Gasteiger partial charge in [-0.25, -0.2) is 4.57 Å². The Morgan fingerprint density at radius 3 is 1.47 bits per heavy atom. The molecule has 0 saturated carbocycles. The van der Waals surface area contributed by atoms with Crippen LogP contribution in [0.1, 0.15) is 200 Å². The molecule has 0 saturated heterocycles. The fourth-order valence-corrected chi connectivity index (χ4v) is 7.22. The molecule has 0 aromatic heterocycles. The first-order valence-corrected chi connectivity index (χ1v) is 25.0. The lowest BCUT2D eigenvalue weighted by atomic mass is 10.0. The number of phosphoric acid groups is 1. The van der Waals surface area contributed by atoms with Gasteiger partial charge in [-0.2, -0.15) is 0 Å². The number of unbranched alkanes of at least 4 members (excludes halogenated alkanes) is 23. The predicted molar refractivity (Wildman–Crippen MR) is 244 cm³/mol. The standard InChI is InChI=1S/C48H91N2O6P/c1-6-8-10-12-14-16-18-19-20-21-22-23-24-25-26-27-28-29-30-32-34-36-38-40-42-48(52)49-46(45-56-57(53,54)55-44-43-50(3,4)5)47(51)41-39-37-35-33-31-17-15-13-11-9-7-2/h11,13,25-26,31,33,39,41,46-47,51H,6-10,12,14-24,27-30,32,34-38,40,42-45H2,1-5H3,(H-,49,52,53,54)/p+1/b13-11+,26-25-,33-31+,41-39+. The molecule has 3 N–H and O–H groups in total. The molecule has 0 radical (unpaired) electrons. The van der Waals surface area contributed by atoms with Crippen LogP contribution in [0, 0.1) is 0 Å². The van der Waals surface area contributed by atoms with Crippen LogP contribution in [-0.4, -0.2) is 73.4 Å². The van der Waals surface area contributed by atoms with E-state index in [1.54, 1.807) is 6.08 Å². The van der Waals surface area contributed by atoms with Crippen LogP contribution in [-0.2, 0) is 18.4 Å². The lowest BCUT2D eigenvalue weighted by molar-refractivity contribution is -0.870. The number of nitrogens with one attached hydrogen (secondary N) is 1. The van der Waals surface area contributed by atoms with Gasteiger partial charge < -0.3 is 19.8 Å². The predicted octanol–water partition coefficient (Wildman–Crippen LogP) is 13.2. The molecule has 0 aromatic rings. The van der Waals surface area contributed by atoms with Gasteiger partial charge in [0.25, 0.3) is 0 Å². The molecule has 0 bridgehead atoms. The molecule has 1 amide bonds. The molecular formula is C48H92N2O6P+. The Hall–Kier alpha value is -1.54. The number of hydrogen-bond donors (Lipinski definition) is 3. The molecule has 334 valence electrons. The van der Waals surface area contributed by atoms with Gasteiger partial charge in [0.05, 0.1) is 39.9 Å². The number of likely N-dealkylation sites (N-methyl/N-ethyl adjacent to an activating group) is 1. The van der Waals surface area contributed by atoms with Crippen LogP contribution < -0.4 is 5.32 Å². The molecule has 3 unspecified atom stereocenters. The zero-order chi connectivity index (χ0) is 42.1. The van der Waals surface area contributed by atoms with E-state index in [1.807, 2.05) is 27.2 Å². The summed E-state index contributed by atoms with van der Waals surface area (Å²) in [6.45, 7) is 4.70. The average Bonchev–Trinajstić information content (AvgIpc) is 3.16. The van der Waals surface area contributed by atoms with Gasteiger partial charge in [-0.3, -0.25) is 13.8 Å². The van der Waals surface area contributed by atoms with Crippen molar-refractivity contribution in [1.82, 2.24) is 5.32 Å². The van der Waals surface area contributed by atoms with Gasteiger partial charge >= 0.3 is 7.82 Å². The van der Waals surface area contributed by atoms with Crippen molar-refractivity contribution < 1.29 is 32.9 Å². The van der Waals surface area contributed by atoms with Crippen molar-refractivity contribution in [2.45, 2.75) is 212 Å². The topological polar surface area (TPSA) is 105 Å². The van der Waals surface area contributed by atoms with Crippen molar-refractivity contribution in [1.29, 1.82) is 0 Å². The molecule has 0 rings (SSSR count). The number of phosphoric ester groups is 1. The van der Waals surface area contributed by atoms with Gasteiger partial charge in [0.15, 0.2) is 0 Å². The molecule has 0 aliphatic carbocycles. The zero-order valence-electron chi connectivity index (χ0n) is 37.8. The lowest BCUT2D eigenvalue weighted by Gasteiger charge is -2.25. The first-order chi connectivity index (χ1) is 27.5. The molecule has 8 nitrogen and oxygen atoms in total. The van der Waals surface area contributed by atoms with Gasteiger partial charge in [-0.15, -0.1) is 0 Å². The Morgan fingerprint density at radius 2 is 1.00 bits per heavy atom. The Kier molecular flexibility index (Phi) is 38.8. The van der Waals surface area contributed by atoms with Crippen LogP contribution in [0.25, 0.3) is 0 Å². The summed E-state index contributed by atoms with van der Waals surface area (Å²) in [6, 6.07) is -0.870. The third-order valence-electron chi connectivity index (χ3n) is 10.2. The van der Waals surface area contributed by atoms with Gasteiger partial charge in [0.2, 0.25) is 5.91 Å². The highest BCUT2D eigenvalue weighted by Crippen LogP contribution is 2.43. The molecule has 0 aromatic carbocycles. The van der Waals surface area contributed by atoms with E-state index >= 15 is 0 Å². The summed E-state index contributed by atoms with van der Waals surface area (Å²) in [4.78, 5) is 23.1. The first kappa shape index (κ1) is 55.5. The van der Waals surface area contributed by atoms with Crippen molar-refractivity contribution in [3.8, 4) is 0 Å². The summed E-state index contributed by atoms with van der Waals surface area (Å²) < 4.78 is 23.5. The van der Waals surface area contributed by atoms with Gasteiger partial charge in [0.1, 0.15) is 13.2 Å². The van der Waals surface area contributed by atoms with Crippen LogP contribution in [0.4, 0.5) is 0 Å². The highest BCUT2D eigenvalue weighted by atomic mass is 31.2. The van der Waals surface area contributed by atoms with E-state index in [9.17, 15) is 19.4 Å². The molecule has 0 heterocycles. The van der Waals surface area contributed by atoms with Crippen molar-refractivity contribution >= 4 is 13.7 Å². The van der Waals surface area contributed by atoms with Crippen LogP contribution in [0.15, 0.2) is 48.6 Å². The van der Waals surface area contributed by atoms with Crippen LogP contribution in [0.2, 0.25) is 0 Å². The van der Waals surface area contributed by atoms with E-state index in [0.717, 1.165) is 51.4 Å². The Morgan fingerprint density at radius 1 is 0.579 bits per heavy atom. The fourth-order valence-electron chi connectivity index (χ4n) is 6.49. The van der Waals surface area contributed by atoms with Gasteiger partial charge in [0, 0.05) is 6.42 Å². The smallest absolute Gasteiger partial charge is 0.387 e. The van der Waals surface area contributed by atoms with E-state index < -0.39 is 20.0 Å². The first-order valence-electron chi connectivity index (χ1n) is 23.5. The number of aliphatic hydroxyl groups excluding tert-OH is 1. The largest absolute Gasteiger partial charge is 0.472 e. The monoisotopic (exact) mass is 824 g/mol. The number of nitrogens with zero attached hydrogens (tertiary/aromatic N) is 1. The highest BCUT2D eigenvalue weighted by Gasteiger charge is 2.27.